The molecule has 10 nitrogen and oxygen atoms in total. The first-order valence-corrected chi connectivity index (χ1v) is 12.0. The van der Waals surface area contributed by atoms with E-state index in [-0.39, 0.29) is 21.6 Å². The Kier molecular flexibility index (Phi) is 7.39. The zero-order valence-electron chi connectivity index (χ0n) is 18.8. The smallest absolute Gasteiger partial charge is 0.293 e. The summed E-state index contributed by atoms with van der Waals surface area (Å²) in [5, 5.41) is 10.2. The lowest BCUT2D eigenvalue weighted by Gasteiger charge is -2.21. The highest BCUT2D eigenvalue weighted by atomic mass is 32.2. The summed E-state index contributed by atoms with van der Waals surface area (Å²) in [6.45, 7) is 3.85. The number of sulfonamides is 1. The quantitative estimate of drug-likeness (QED) is 0.452. The van der Waals surface area contributed by atoms with Crippen LogP contribution in [0, 0.1) is 6.92 Å². The van der Waals surface area contributed by atoms with Crippen LogP contribution in [0.3, 0.4) is 0 Å². The number of carbonyl (C=O) groups is 1. The van der Waals surface area contributed by atoms with E-state index >= 15 is 0 Å². The third-order valence-electron chi connectivity index (χ3n) is 4.67. The van der Waals surface area contributed by atoms with Crippen molar-refractivity contribution in [2.75, 3.05) is 37.5 Å². The average molecular weight is 493 g/mol. The van der Waals surface area contributed by atoms with Crippen LogP contribution in [0.4, 0.5) is 10.8 Å². The van der Waals surface area contributed by atoms with E-state index in [0.29, 0.717) is 22.9 Å². The van der Waals surface area contributed by atoms with Gasteiger partial charge in [-0.25, -0.2) is 0 Å². The van der Waals surface area contributed by atoms with E-state index in [4.69, 9.17) is 14.2 Å². The second kappa shape index (κ2) is 10.0. The van der Waals surface area contributed by atoms with Crippen LogP contribution in [0.25, 0.3) is 0 Å². The zero-order valence-corrected chi connectivity index (χ0v) is 20.4. The van der Waals surface area contributed by atoms with E-state index in [2.05, 4.69) is 15.5 Å². The molecule has 0 fully saturated rings. The molecule has 1 N–H and O–H groups in total. The van der Waals surface area contributed by atoms with Gasteiger partial charge in [-0.1, -0.05) is 29.0 Å². The third kappa shape index (κ3) is 5.01. The highest BCUT2D eigenvalue weighted by Gasteiger charge is 2.28. The molecule has 1 heterocycles. The SMILES string of the molecule is CCN(c1ccc(C)cc1)S(=O)(=O)c1nnc(NC(=O)c2cc(OC)c(OC)c(OC)c2)s1. The van der Waals surface area contributed by atoms with E-state index in [9.17, 15) is 13.2 Å². The van der Waals surface area contributed by atoms with Gasteiger partial charge >= 0.3 is 0 Å². The maximum Gasteiger partial charge on any atom is 0.293 e. The number of hydrogen-bond donors (Lipinski definition) is 1. The van der Waals surface area contributed by atoms with Crippen molar-refractivity contribution in [3.63, 3.8) is 0 Å². The van der Waals surface area contributed by atoms with Gasteiger partial charge in [0.15, 0.2) is 11.5 Å². The summed E-state index contributed by atoms with van der Waals surface area (Å²) in [4.78, 5) is 12.8. The molecule has 3 rings (SSSR count). The molecule has 0 atom stereocenters. The molecular formula is C21H24N4O6S2. The Bertz CT molecular complexity index is 1220. The van der Waals surface area contributed by atoms with Crippen molar-refractivity contribution in [1.29, 1.82) is 0 Å². The molecule has 176 valence electrons. The average Bonchev–Trinajstić information content (AvgIpc) is 3.29. The minimum Gasteiger partial charge on any atom is -0.493 e. The molecule has 2 aromatic carbocycles. The molecule has 0 aliphatic rings. The number of nitrogens with one attached hydrogen (secondary N) is 1. The topological polar surface area (TPSA) is 120 Å². The van der Waals surface area contributed by atoms with Crippen molar-refractivity contribution in [1.82, 2.24) is 10.2 Å². The predicted molar refractivity (Wildman–Crippen MR) is 125 cm³/mol. The van der Waals surface area contributed by atoms with Crippen molar-refractivity contribution in [3.8, 4) is 17.2 Å². The maximum absolute atomic E-state index is 13.1. The summed E-state index contributed by atoms with van der Waals surface area (Å²) >= 11 is 0.761. The molecule has 12 heteroatoms. The lowest BCUT2D eigenvalue weighted by molar-refractivity contribution is 0.102. The summed E-state index contributed by atoms with van der Waals surface area (Å²) in [7, 11) is 0.379. The fraction of sp³-hybridized carbons (Fsp3) is 0.286. The van der Waals surface area contributed by atoms with Gasteiger partial charge in [0.05, 0.1) is 27.0 Å². The molecule has 0 radical (unpaired) electrons. The van der Waals surface area contributed by atoms with E-state index in [1.807, 2.05) is 19.1 Å². The van der Waals surface area contributed by atoms with E-state index in [1.165, 1.54) is 37.8 Å². The molecule has 3 aromatic rings. The number of nitrogens with zero attached hydrogens (tertiary/aromatic N) is 3. The first kappa shape index (κ1) is 24.3. The minimum atomic E-state index is -3.96. The van der Waals surface area contributed by atoms with Gasteiger partial charge in [-0.05, 0) is 38.1 Å². The van der Waals surface area contributed by atoms with Crippen molar-refractivity contribution in [2.45, 2.75) is 18.2 Å². The van der Waals surface area contributed by atoms with E-state index < -0.39 is 15.9 Å². The molecule has 0 saturated heterocycles. The predicted octanol–water partition coefficient (Wildman–Crippen LogP) is 3.34. The van der Waals surface area contributed by atoms with Crippen molar-refractivity contribution < 1.29 is 27.4 Å². The summed E-state index contributed by atoms with van der Waals surface area (Å²) in [5.74, 6) is 0.412. The highest BCUT2D eigenvalue weighted by molar-refractivity contribution is 7.94. The Morgan fingerprint density at radius 1 is 1.03 bits per heavy atom. The number of anilines is 2. The van der Waals surface area contributed by atoms with Crippen molar-refractivity contribution >= 4 is 38.1 Å². The highest BCUT2D eigenvalue weighted by Crippen LogP contribution is 2.38. The third-order valence-corrected chi connectivity index (χ3v) is 7.76. The van der Waals surface area contributed by atoms with Crippen LogP contribution in [0.2, 0.25) is 0 Å². The number of ether oxygens (including phenoxy) is 3. The second-order valence-corrected chi connectivity index (χ2v) is 9.76. The number of rotatable bonds is 9. The van der Waals surface area contributed by atoms with Crippen LogP contribution >= 0.6 is 11.3 Å². The molecular weight excluding hydrogens is 468 g/mol. The Hall–Kier alpha value is -3.38. The number of amides is 1. The number of hydrogen-bond acceptors (Lipinski definition) is 9. The van der Waals surface area contributed by atoms with Gasteiger partial charge < -0.3 is 14.2 Å². The van der Waals surface area contributed by atoms with Crippen LogP contribution in [0.1, 0.15) is 22.8 Å². The second-order valence-electron chi connectivity index (χ2n) is 6.75. The monoisotopic (exact) mass is 492 g/mol. The lowest BCUT2D eigenvalue weighted by Crippen LogP contribution is -2.30. The van der Waals surface area contributed by atoms with Gasteiger partial charge in [-0.3, -0.25) is 14.4 Å². The Balaban J connectivity index is 1.86. The normalized spacial score (nSPS) is 11.1. The molecule has 0 aliphatic heterocycles. The van der Waals surface area contributed by atoms with Gasteiger partial charge in [0.1, 0.15) is 0 Å². The van der Waals surface area contributed by atoms with Gasteiger partial charge in [-0.2, -0.15) is 8.42 Å². The first-order valence-electron chi connectivity index (χ1n) is 9.79. The van der Waals surface area contributed by atoms with Crippen LogP contribution < -0.4 is 23.8 Å². The fourth-order valence-corrected chi connectivity index (χ4v) is 5.51. The van der Waals surface area contributed by atoms with Gasteiger partial charge in [0.2, 0.25) is 10.9 Å². The van der Waals surface area contributed by atoms with Crippen LogP contribution in [0.5, 0.6) is 17.2 Å². The molecule has 1 aromatic heterocycles. The summed E-state index contributed by atoms with van der Waals surface area (Å²) < 4.78 is 43.0. The summed E-state index contributed by atoms with van der Waals surface area (Å²) in [5.41, 5.74) is 1.74. The first-order chi connectivity index (χ1) is 15.7. The van der Waals surface area contributed by atoms with E-state index in [0.717, 1.165) is 16.9 Å². The van der Waals surface area contributed by atoms with Gasteiger partial charge in [0, 0.05) is 12.1 Å². The number of carbonyl (C=O) groups excluding carboxylic acids is 1. The van der Waals surface area contributed by atoms with Crippen LogP contribution in [0.15, 0.2) is 40.7 Å². The standard InChI is InChI=1S/C21H24N4O6S2/c1-6-25(15-9-7-13(2)8-10-15)33(27,28)21-24-23-20(32-21)22-19(26)14-11-16(29-3)18(31-5)17(12-14)30-4/h7-12H,6H2,1-5H3,(H,22,23,26). The van der Waals surface area contributed by atoms with Crippen molar-refractivity contribution in [2.24, 2.45) is 0 Å². The number of aromatic nitrogens is 2. The molecule has 0 bridgehead atoms. The number of aryl methyl sites for hydroxylation is 1. The molecule has 1 amide bonds. The minimum absolute atomic E-state index is 0.0345. The molecule has 0 spiro atoms. The Morgan fingerprint density at radius 3 is 2.15 bits per heavy atom. The molecule has 0 saturated carbocycles. The van der Waals surface area contributed by atoms with Gasteiger partial charge in [-0.15, -0.1) is 10.2 Å². The van der Waals surface area contributed by atoms with Crippen LogP contribution in [-0.2, 0) is 10.0 Å². The fourth-order valence-electron chi connectivity index (χ4n) is 3.04. The van der Waals surface area contributed by atoms with Crippen LogP contribution in [-0.4, -0.2) is 52.4 Å². The zero-order chi connectivity index (χ0) is 24.2. The lowest BCUT2D eigenvalue weighted by atomic mass is 10.1. The molecule has 0 aliphatic carbocycles. The number of methoxy groups -OCH3 is 3. The molecule has 0 unspecified atom stereocenters. The Labute approximate surface area is 196 Å². The number of benzene rings is 2. The maximum atomic E-state index is 13.1. The largest absolute Gasteiger partial charge is 0.493 e. The van der Waals surface area contributed by atoms with Gasteiger partial charge in [0.25, 0.3) is 20.3 Å². The summed E-state index contributed by atoms with van der Waals surface area (Å²) in [6.07, 6.45) is 0. The molecule has 33 heavy (non-hydrogen) atoms. The van der Waals surface area contributed by atoms with Crippen molar-refractivity contribution in [3.05, 3.63) is 47.5 Å². The summed E-state index contributed by atoms with van der Waals surface area (Å²) in [6, 6.07) is 10.1. The Morgan fingerprint density at radius 2 is 1.64 bits per heavy atom. The van der Waals surface area contributed by atoms with E-state index in [1.54, 1.807) is 19.1 Å².